The van der Waals surface area contributed by atoms with E-state index >= 15 is 0 Å². The first-order chi connectivity index (χ1) is 16.8. The summed E-state index contributed by atoms with van der Waals surface area (Å²) in [5.74, 6) is -0.950. The first-order valence-corrected chi connectivity index (χ1v) is 11.3. The molecule has 0 saturated heterocycles. The number of ether oxygens (including phenoxy) is 1. The molecule has 3 amide bonds. The smallest absolute Gasteiger partial charge is 0.341 e. The Morgan fingerprint density at radius 2 is 1.69 bits per heavy atom. The fraction of sp³-hybridized carbons (Fsp3) is 0.280. The number of nitrogens with zero attached hydrogens (tertiary/aromatic N) is 1. The van der Waals surface area contributed by atoms with Gasteiger partial charge in [0.25, 0.3) is 5.91 Å². The number of aryl methyl sites for hydroxylation is 1. The molecule has 3 rings (SSSR count). The normalized spacial score (nSPS) is 10.5. The van der Waals surface area contributed by atoms with E-state index in [0.717, 1.165) is 24.8 Å². The summed E-state index contributed by atoms with van der Waals surface area (Å²) in [5.41, 5.74) is 8.08. The molecule has 0 unspecified atom stereocenters. The summed E-state index contributed by atoms with van der Waals surface area (Å²) in [6, 6.07) is 13.8. The number of carboxylic acids is 1. The van der Waals surface area contributed by atoms with E-state index in [1.807, 2.05) is 24.3 Å². The maximum atomic E-state index is 12.5. The number of amides is 3. The molecule has 0 saturated carbocycles. The van der Waals surface area contributed by atoms with Crippen LogP contribution in [-0.2, 0) is 17.6 Å². The number of hydrogen-bond acceptors (Lipinski definition) is 5. The number of anilines is 2. The molecule has 3 aromatic rings. The lowest BCUT2D eigenvalue weighted by Crippen LogP contribution is -2.22. The third-order valence-corrected chi connectivity index (χ3v) is 5.17. The van der Waals surface area contributed by atoms with Crippen LogP contribution in [0.4, 0.5) is 16.3 Å². The van der Waals surface area contributed by atoms with E-state index in [2.05, 4.69) is 27.5 Å². The standard InChI is InChI=1S/C25H29N5O5/c1-2-3-4-5-16-6-10-18(11-7-16)27-25(34)30-24-22(23(26)33)28-20(29-24)14-17-8-12-19(13-9-17)35-15-21(31)32/h6-13H,2-5,14-15H2,1H3,(H2,26,33)(H,28,29)(H,31,32)(H2,27,30,34). The quantitative estimate of drug-likeness (QED) is 0.247. The predicted molar refractivity (Wildman–Crippen MR) is 132 cm³/mol. The topological polar surface area (TPSA) is 159 Å². The number of aromatic amines is 1. The van der Waals surface area contributed by atoms with Crippen molar-refractivity contribution in [2.75, 3.05) is 17.2 Å². The van der Waals surface area contributed by atoms with Crippen LogP contribution in [0.3, 0.4) is 0 Å². The van der Waals surface area contributed by atoms with Crippen LogP contribution in [0.5, 0.6) is 5.75 Å². The van der Waals surface area contributed by atoms with Crippen molar-refractivity contribution in [2.45, 2.75) is 39.0 Å². The monoisotopic (exact) mass is 479 g/mol. The Morgan fingerprint density at radius 3 is 2.31 bits per heavy atom. The van der Waals surface area contributed by atoms with Gasteiger partial charge < -0.3 is 25.9 Å². The molecule has 35 heavy (non-hydrogen) atoms. The van der Waals surface area contributed by atoms with Crippen LogP contribution in [0.15, 0.2) is 48.5 Å². The van der Waals surface area contributed by atoms with E-state index in [1.165, 1.54) is 12.0 Å². The van der Waals surface area contributed by atoms with Crippen LogP contribution in [-0.4, -0.2) is 39.6 Å². The van der Waals surface area contributed by atoms with Crippen LogP contribution in [0.1, 0.15) is 53.6 Å². The third kappa shape index (κ3) is 7.88. The number of primary amides is 1. The van der Waals surface area contributed by atoms with Gasteiger partial charge in [-0.3, -0.25) is 10.1 Å². The Labute approximate surface area is 202 Å². The second-order valence-electron chi connectivity index (χ2n) is 8.01. The molecule has 10 heteroatoms. The molecule has 10 nitrogen and oxygen atoms in total. The van der Waals surface area contributed by atoms with Crippen molar-refractivity contribution in [3.05, 3.63) is 71.2 Å². The fourth-order valence-electron chi connectivity index (χ4n) is 3.42. The van der Waals surface area contributed by atoms with Crippen LogP contribution in [0, 0.1) is 0 Å². The molecule has 0 bridgehead atoms. The lowest BCUT2D eigenvalue weighted by molar-refractivity contribution is -0.139. The van der Waals surface area contributed by atoms with E-state index in [1.54, 1.807) is 24.3 Å². The van der Waals surface area contributed by atoms with Crippen molar-refractivity contribution >= 4 is 29.4 Å². The Kier molecular flexibility index (Phi) is 8.82. The Morgan fingerprint density at radius 1 is 1.00 bits per heavy atom. The van der Waals surface area contributed by atoms with E-state index < -0.39 is 24.5 Å². The first-order valence-electron chi connectivity index (χ1n) is 11.3. The molecule has 1 heterocycles. The molecule has 0 atom stereocenters. The highest BCUT2D eigenvalue weighted by molar-refractivity contribution is 6.04. The van der Waals surface area contributed by atoms with Gasteiger partial charge in [0.1, 0.15) is 17.3 Å². The number of benzene rings is 2. The number of H-pyrrole nitrogens is 1. The van der Waals surface area contributed by atoms with E-state index in [4.69, 9.17) is 15.6 Å². The van der Waals surface area contributed by atoms with Crippen LogP contribution in [0.25, 0.3) is 0 Å². The van der Waals surface area contributed by atoms with E-state index in [9.17, 15) is 14.4 Å². The minimum atomic E-state index is -1.06. The SMILES string of the molecule is CCCCCc1ccc(NC(=O)Nc2nc(Cc3ccc(OCC(=O)O)cc3)[nH]c2C(N)=O)cc1. The molecule has 0 spiro atoms. The molecule has 1 aromatic heterocycles. The summed E-state index contributed by atoms with van der Waals surface area (Å²) in [4.78, 5) is 42.1. The maximum Gasteiger partial charge on any atom is 0.341 e. The van der Waals surface area contributed by atoms with Gasteiger partial charge in [0.15, 0.2) is 12.4 Å². The zero-order valence-corrected chi connectivity index (χ0v) is 19.5. The molecule has 2 aromatic carbocycles. The number of imidazole rings is 1. The number of hydrogen-bond donors (Lipinski definition) is 5. The van der Waals surface area contributed by atoms with Gasteiger partial charge in [0, 0.05) is 12.1 Å². The van der Waals surface area contributed by atoms with Crippen molar-refractivity contribution in [3.63, 3.8) is 0 Å². The van der Waals surface area contributed by atoms with Crippen molar-refractivity contribution in [1.82, 2.24) is 9.97 Å². The molecule has 0 aliphatic heterocycles. The minimum Gasteiger partial charge on any atom is -0.482 e. The Hall–Kier alpha value is -4.34. The van der Waals surface area contributed by atoms with Crippen molar-refractivity contribution in [2.24, 2.45) is 5.73 Å². The molecule has 0 aliphatic carbocycles. The average Bonchev–Trinajstić information content (AvgIpc) is 3.22. The van der Waals surface area contributed by atoms with Gasteiger partial charge in [-0.2, -0.15) is 0 Å². The summed E-state index contributed by atoms with van der Waals surface area (Å²) in [6.45, 7) is 1.73. The van der Waals surface area contributed by atoms with Crippen molar-refractivity contribution in [1.29, 1.82) is 0 Å². The molecular weight excluding hydrogens is 450 g/mol. The van der Waals surface area contributed by atoms with Crippen LogP contribution < -0.4 is 21.1 Å². The number of aliphatic carboxylic acids is 1. The molecule has 0 radical (unpaired) electrons. The third-order valence-electron chi connectivity index (χ3n) is 5.17. The molecule has 184 valence electrons. The summed E-state index contributed by atoms with van der Waals surface area (Å²) >= 11 is 0. The molecule has 0 aliphatic rings. The minimum absolute atomic E-state index is 0.0113. The van der Waals surface area contributed by atoms with Crippen molar-refractivity contribution < 1.29 is 24.2 Å². The zero-order chi connectivity index (χ0) is 25.2. The van der Waals surface area contributed by atoms with E-state index in [-0.39, 0.29) is 11.5 Å². The summed E-state index contributed by atoms with van der Waals surface area (Å²) in [6.07, 6.45) is 4.79. The van der Waals surface area contributed by atoms with Gasteiger partial charge >= 0.3 is 12.0 Å². The molecule has 6 N–H and O–H groups in total. The highest BCUT2D eigenvalue weighted by atomic mass is 16.5. The fourth-order valence-corrected chi connectivity index (χ4v) is 3.42. The largest absolute Gasteiger partial charge is 0.482 e. The number of nitrogens with one attached hydrogen (secondary N) is 3. The van der Waals surface area contributed by atoms with Crippen molar-refractivity contribution in [3.8, 4) is 5.75 Å². The lowest BCUT2D eigenvalue weighted by Gasteiger charge is -2.08. The predicted octanol–water partition coefficient (Wildman–Crippen LogP) is 3.94. The number of carboxylic acid groups (broad SMARTS) is 1. The second-order valence-corrected chi connectivity index (χ2v) is 8.01. The number of unbranched alkanes of at least 4 members (excludes halogenated alkanes) is 2. The van der Waals surface area contributed by atoms with Gasteiger partial charge in [-0.15, -0.1) is 0 Å². The van der Waals surface area contributed by atoms with Crippen LogP contribution in [0.2, 0.25) is 0 Å². The molecular formula is C25H29N5O5. The number of carbonyl (C=O) groups excluding carboxylic acids is 2. The highest BCUT2D eigenvalue weighted by Crippen LogP contribution is 2.18. The lowest BCUT2D eigenvalue weighted by atomic mass is 10.1. The number of aromatic nitrogens is 2. The van der Waals surface area contributed by atoms with Gasteiger partial charge in [0.05, 0.1) is 0 Å². The molecule has 0 fully saturated rings. The zero-order valence-electron chi connectivity index (χ0n) is 19.5. The second kappa shape index (κ2) is 12.2. The number of carbonyl (C=O) groups is 3. The van der Waals surface area contributed by atoms with Crippen LogP contribution >= 0.6 is 0 Å². The number of urea groups is 1. The maximum absolute atomic E-state index is 12.5. The first kappa shape index (κ1) is 25.3. The number of nitrogens with two attached hydrogens (primary N) is 1. The number of rotatable bonds is 12. The summed E-state index contributed by atoms with van der Waals surface area (Å²) < 4.78 is 5.11. The van der Waals surface area contributed by atoms with Gasteiger partial charge in [-0.25, -0.2) is 14.6 Å². The Balaban J connectivity index is 1.61. The van der Waals surface area contributed by atoms with Gasteiger partial charge in [-0.1, -0.05) is 44.0 Å². The van der Waals surface area contributed by atoms with Gasteiger partial charge in [-0.05, 0) is 48.2 Å². The Bertz CT molecular complexity index is 1160. The summed E-state index contributed by atoms with van der Waals surface area (Å²) in [5, 5.41) is 14.0. The summed E-state index contributed by atoms with van der Waals surface area (Å²) in [7, 11) is 0. The van der Waals surface area contributed by atoms with Gasteiger partial charge in [0.2, 0.25) is 0 Å². The van der Waals surface area contributed by atoms with E-state index in [0.29, 0.717) is 23.7 Å². The highest BCUT2D eigenvalue weighted by Gasteiger charge is 2.17. The average molecular weight is 480 g/mol.